The third-order valence-electron chi connectivity index (χ3n) is 2.95. The zero-order valence-corrected chi connectivity index (χ0v) is 12.1. The van der Waals surface area contributed by atoms with Crippen LogP contribution in [-0.2, 0) is 13.0 Å². The van der Waals surface area contributed by atoms with Gasteiger partial charge in [0.15, 0.2) is 0 Å². The SMILES string of the molecule is N#CSCCCc1ccc(OCc2ccccc2)cc1. The number of thiocyanates is 1. The van der Waals surface area contributed by atoms with Gasteiger partial charge in [-0.3, -0.25) is 0 Å². The average molecular weight is 283 g/mol. The zero-order valence-electron chi connectivity index (χ0n) is 11.3. The predicted molar refractivity (Wildman–Crippen MR) is 83.6 cm³/mol. The molecule has 0 saturated heterocycles. The van der Waals surface area contributed by atoms with E-state index in [1.807, 2.05) is 30.3 Å². The maximum absolute atomic E-state index is 8.45. The fraction of sp³-hybridized carbons (Fsp3) is 0.235. The van der Waals surface area contributed by atoms with E-state index in [9.17, 15) is 0 Å². The maximum atomic E-state index is 8.45. The van der Waals surface area contributed by atoms with Gasteiger partial charge in [0.25, 0.3) is 0 Å². The van der Waals surface area contributed by atoms with E-state index in [-0.39, 0.29) is 0 Å². The lowest BCUT2D eigenvalue weighted by Crippen LogP contribution is -1.95. The number of benzene rings is 2. The third-order valence-corrected chi connectivity index (χ3v) is 3.57. The van der Waals surface area contributed by atoms with Crippen molar-refractivity contribution in [3.8, 4) is 11.2 Å². The topological polar surface area (TPSA) is 33.0 Å². The van der Waals surface area contributed by atoms with Crippen LogP contribution in [0.1, 0.15) is 17.5 Å². The Hall–Kier alpha value is -1.92. The van der Waals surface area contributed by atoms with Gasteiger partial charge in [0.05, 0.1) is 0 Å². The van der Waals surface area contributed by atoms with Crippen LogP contribution in [0.3, 0.4) is 0 Å². The van der Waals surface area contributed by atoms with Gasteiger partial charge in [0, 0.05) is 5.75 Å². The molecule has 2 rings (SSSR count). The van der Waals surface area contributed by atoms with E-state index in [4.69, 9.17) is 10.00 Å². The fourth-order valence-electron chi connectivity index (χ4n) is 1.89. The Bertz CT molecular complexity index is 545. The Balaban J connectivity index is 1.78. The Morgan fingerprint density at radius 2 is 1.70 bits per heavy atom. The van der Waals surface area contributed by atoms with Crippen molar-refractivity contribution in [1.29, 1.82) is 5.26 Å². The minimum absolute atomic E-state index is 0.596. The second-order valence-corrected chi connectivity index (χ2v) is 5.34. The van der Waals surface area contributed by atoms with Crippen molar-refractivity contribution < 1.29 is 4.74 Å². The average Bonchev–Trinajstić information content (AvgIpc) is 2.52. The Morgan fingerprint density at radius 1 is 0.950 bits per heavy atom. The summed E-state index contributed by atoms with van der Waals surface area (Å²) >= 11 is 1.32. The highest BCUT2D eigenvalue weighted by molar-refractivity contribution is 8.03. The van der Waals surface area contributed by atoms with Gasteiger partial charge in [-0.25, -0.2) is 0 Å². The number of hydrogen-bond acceptors (Lipinski definition) is 3. The van der Waals surface area contributed by atoms with Crippen molar-refractivity contribution in [2.45, 2.75) is 19.4 Å². The van der Waals surface area contributed by atoms with Gasteiger partial charge in [-0.2, -0.15) is 5.26 Å². The van der Waals surface area contributed by atoms with Gasteiger partial charge in [0.2, 0.25) is 0 Å². The molecule has 0 N–H and O–H groups in total. The molecular formula is C17H17NOS. The van der Waals surface area contributed by atoms with Crippen LogP contribution < -0.4 is 4.74 Å². The molecule has 0 unspecified atom stereocenters. The maximum Gasteiger partial charge on any atom is 0.133 e. The molecule has 0 heterocycles. The summed E-state index contributed by atoms with van der Waals surface area (Å²) < 4.78 is 5.74. The van der Waals surface area contributed by atoms with Crippen LogP contribution in [0.15, 0.2) is 54.6 Å². The summed E-state index contributed by atoms with van der Waals surface area (Å²) in [6.45, 7) is 0.596. The molecule has 2 nitrogen and oxygen atoms in total. The molecule has 0 aliphatic carbocycles. The van der Waals surface area contributed by atoms with Crippen molar-refractivity contribution in [2.75, 3.05) is 5.75 Å². The molecule has 0 spiro atoms. The monoisotopic (exact) mass is 283 g/mol. The summed E-state index contributed by atoms with van der Waals surface area (Å²) in [7, 11) is 0. The van der Waals surface area contributed by atoms with E-state index in [0.717, 1.165) is 24.3 Å². The quantitative estimate of drug-likeness (QED) is 0.557. The summed E-state index contributed by atoms with van der Waals surface area (Å²) in [6, 6.07) is 18.4. The number of ether oxygens (including phenoxy) is 1. The van der Waals surface area contributed by atoms with Gasteiger partial charge >= 0.3 is 0 Å². The van der Waals surface area contributed by atoms with Crippen LogP contribution in [0.2, 0.25) is 0 Å². The number of aryl methyl sites for hydroxylation is 1. The minimum Gasteiger partial charge on any atom is -0.489 e. The fourth-order valence-corrected chi connectivity index (χ4v) is 2.27. The highest BCUT2D eigenvalue weighted by Gasteiger charge is 1.97. The van der Waals surface area contributed by atoms with Crippen molar-refractivity contribution in [1.82, 2.24) is 0 Å². The highest BCUT2D eigenvalue weighted by atomic mass is 32.2. The van der Waals surface area contributed by atoms with E-state index in [1.54, 1.807) is 0 Å². The first-order valence-corrected chi connectivity index (χ1v) is 7.63. The van der Waals surface area contributed by atoms with Crippen LogP contribution in [0.5, 0.6) is 5.75 Å². The van der Waals surface area contributed by atoms with Crippen LogP contribution >= 0.6 is 11.8 Å². The largest absolute Gasteiger partial charge is 0.489 e. The summed E-state index contributed by atoms with van der Waals surface area (Å²) in [6.07, 6.45) is 2.04. The van der Waals surface area contributed by atoms with E-state index in [0.29, 0.717) is 6.61 Å². The molecule has 0 saturated carbocycles. The van der Waals surface area contributed by atoms with E-state index in [2.05, 4.69) is 29.7 Å². The van der Waals surface area contributed by atoms with E-state index >= 15 is 0 Å². The zero-order chi connectivity index (χ0) is 14.0. The lowest BCUT2D eigenvalue weighted by molar-refractivity contribution is 0.306. The van der Waals surface area contributed by atoms with Gasteiger partial charge in [-0.05, 0) is 47.9 Å². The number of hydrogen-bond donors (Lipinski definition) is 0. The molecule has 0 amide bonds. The van der Waals surface area contributed by atoms with Crippen molar-refractivity contribution in [2.24, 2.45) is 0 Å². The van der Waals surface area contributed by atoms with Crippen LogP contribution in [0, 0.1) is 10.7 Å². The standard InChI is InChI=1S/C17H17NOS/c18-14-20-12-4-7-15-8-10-17(11-9-15)19-13-16-5-2-1-3-6-16/h1-3,5-6,8-11H,4,7,12-13H2. The van der Waals surface area contributed by atoms with E-state index in [1.165, 1.54) is 22.9 Å². The summed E-state index contributed by atoms with van der Waals surface area (Å²) in [5.41, 5.74) is 2.46. The molecule has 0 aromatic heterocycles. The highest BCUT2D eigenvalue weighted by Crippen LogP contribution is 2.15. The normalized spacial score (nSPS) is 9.95. The smallest absolute Gasteiger partial charge is 0.133 e. The Labute approximate surface area is 124 Å². The van der Waals surface area contributed by atoms with Gasteiger partial charge in [0.1, 0.15) is 17.8 Å². The lowest BCUT2D eigenvalue weighted by Gasteiger charge is -2.07. The molecule has 0 fully saturated rings. The Morgan fingerprint density at radius 3 is 2.40 bits per heavy atom. The third kappa shape index (κ3) is 4.99. The first kappa shape index (κ1) is 14.5. The van der Waals surface area contributed by atoms with Crippen LogP contribution in [-0.4, -0.2) is 5.75 Å². The lowest BCUT2D eigenvalue weighted by atomic mass is 10.1. The summed E-state index contributed by atoms with van der Waals surface area (Å²) in [4.78, 5) is 0. The molecule has 2 aromatic rings. The molecule has 0 aliphatic heterocycles. The van der Waals surface area contributed by atoms with Crippen molar-refractivity contribution in [3.63, 3.8) is 0 Å². The molecule has 3 heteroatoms. The molecule has 102 valence electrons. The summed E-state index contributed by atoms with van der Waals surface area (Å²) in [5, 5.41) is 10.5. The van der Waals surface area contributed by atoms with E-state index < -0.39 is 0 Å². The molecule has 0 bridgehead atoms. The number of nitriles is 1. The molecule has 0 atom stereocenters. The second-order valence-electron chi connectivity index (χ2n) is 4.46. The van der Waals surface area contributed by atoms with Crippen LogP contribution in [0.25, 0.3) is 0 Å². The molecule has 0 aliphatic rings. The minimum atomic E-state index is 0.596. The first-order valence-electron chi connectivity index (χ1n) is 6.65. The predicted octanol–water partition coefficient (Wildman–Crippen LogP) is 4.41. The number of nitrogens with zero attached hydrogens (tertiary/aromatic N) is 1. The van der Waals surface area contributed by atoms with Crippen molar-refractivity contribution >= 4 is 11.8 Å². The second kappa shape index (κ2) is 8.29. The summed E-state index contributed by atoms with van der Waals surface area (Å²) in [5.74, 6) is 1.78. The molecular weight excluding hydrogens is 266 g/mol. The molecule has 2 aromatic carbocycles. The van der Waals surface area contributed by atoms with Gasteiger partial charge < -0.3 is 4.74 Å². The number of rotatable bonds is 7. The first-order chi connectivity index (χ1) is 9.88. The van der Waals surface area contributed by atoms with Crippen LogP contribution in [0.4, 0.5) is 0 Å². The molecule has 0 radical (unpaired) electrons. The van der Waals surface area contributed by atoms with Crippen molar-refractivity contribution in [3.05, 3.63) is 65.7 Å². The molecule has 20 heavy (non-hydrogen) atoms. The Kier molecular flexibility index (Phi) is 6.01. The van der Waals surface area contributed by atoms with Gasteiger partial charge in [-0.15, -0.1) is 0 Å². The van der Waals surface area contributed by atoms with Gasteiger partial charge in [-0.1, -0.05) is 42.5 Å². The number of thioether (sulfide) groups is 1.